The van der Waals surface area contributed by atoms with E-state index in [0.29, 0.717) is 5.56 Å². The largest absolute Gasteiger partial charge is 0.289 e. The fourth-order valence-electron chi connectivity index (χ4n) is 1.69. The molecule has 98 valence electrons. The van der Waals surface area contributed by atoms with E-state index >= 15 is 0 Å². The summed E-state index contributed by atoms with van der Waals surface area (Å²) in [4.78, 5) is 11.9. The number of aryl methyl sites for hydroxylation is 2. The molecule has 0 aliphatic heterocycles. The van der Waals surface area contributed by atoms with Crippen molar-refractivity contribution in [3.05, 3.63) is 82.9 Å². The van der Waals surface area contributed by atoms with Gasteiger partial charge in [-0.25, -0.2) is 0 Å². The van der Waals surface area contributed by atoms with Crippen LogP contribution in [-0.4, -0.2) is 5.78 Å². The molecule has 0 aromatic heterocycles. The molecule has 20 heavy (non-hydrogen) atoms. The molecule has 0 spiro atoms. The molecule has 0 heterocycles. The number of ketones is 1. The van der Waals surface area contributed by atoms with Crippen molar-refractivity contribution in [1.29, 1.82) is 0 Å². The average molecular weight is 260 g/mol. The Morgan fingerprint density at radius 1 is 0.900 bits per heavy atom. The van der Waals surface area contributed by atoms with Crippen LogP contribution in [0.15, 0.2) is 60.7 Å². The number of carbonyl (C=O) groups is 1. The lowest BCUT2D eigenvalue weighted by Gasteiger charge is -1.95. The van der Waals surface area contributed by atoms with Crippen molar-refractivity contribution in [2.45, 2.75) is 13.8 Å². The van der Waals surface area contributed by atoms with Gasteiger partial charge in [0.25, 0.3) is 0 Å². The van der Waals surface area contributed by atoms with Crippen LogP contribution in [0, 0.1) is 25.7 Å². The molecule has 0 radical (unpaired) electrons. The van der Waals surface area contributed by atoms with Crippen molar-refractivity contribution < 1.29 is 4.79 Å². The molecule has 0 N–H and O–H groups in total. The van der Waals surface area contributed by atoms with E-state index in [0.717, 1.165) is 11.1 Å². The fraction of sp³-hybridized carbons (Fsp3) is 0.105. The SMILES string of the molecule is Cc1ccc(C#CC=CC(=O)c2ccc(C)cc2)cc1. The van der Waals surface area contributed by atoms with Crippen molar-refractivity contribution >= 4 is 5.78 Å². The van der Waals surface area contributed by atoms with Crippen LogP contribution in [0.4, 0.5) is 0 Å². The van der Waals surface area contributed by atoms with Gasteiger partial charge in [0.05, 0.1) is 0 Å². The molecule has 0 aliphatic rings. The van der Waals surface area contributed by atoms with E-state index < -0.39 is 0 Å². The Morgan fingerprint density at radius 3 is 2.05 bits per heavy atom. The summed E-state index contributed by atoms with van der Waals surface area (Å²) in [5, 5.41) is 0. The van der Waals surface area contributed by atoms with Crippen molar-refractivity contribution in [2.75, 3.05) is 0 Å². The van der Waals surface area contributed by atoms with Gasteiger partial charge >= 0.3 is 0 Å². The molecule has 0 atom stereocenters. The van der Waals surface area contributed by atoms with Gasteiger partial charge in [-0.1, -0.05) is 59.4 Å². The van der Waals surface area contributed by atoms with E-state index in [1.54, 1.807) is 6.08 Å². The van der Waals surface area contributed by atoms with Gasteiger partial charge in [0.15, 0.2) is 5.78 Å². The second kappa shape index (κ2) is 6.54. The van der Waals surface area contributed by atoms with E-state index in [4.69, 9.17) is 0 Å². The molecule has 0 saturated heterocycles. The molecule has 0 saturated carbocycles. The molecule has 0 amide bonds. The van der Waals surface area contributed by atoms with Gasteiger partial charge in [-0.3, -0.25) is 4.79 Å². The van der Waals surface area contributed by atoms with E-state index in [1.165, 1.54) is 11.6 Å². The first-order valence-electron chi connectivity index (χ1n) is 6.51. The highest BCUT2D eigenvalue weighted by Gasteiger charge is 1.99. The van der Waals surface area contributed by atoms with Gasteiger partial charge in [0.2, 0.25) is 0 Å². The normalized spacial score (nSPS) is 10.1. The van der Waals surface area contributed by atoms with Gasteiger partial charge in [-0.15, -0.1) is 0 Å². The number of carbonyl (C=O) groups excluding carboxylic acids is 1. The Kier molecular flexibility index (Phi) is 4.52. The fourth-order valence-corrected chi connectivity index (χ4v) is 1.69. The monoisotopic (exact) mass is 260 g/mol. The van der Waals surface area contributed by atoms with Crippen molar-refractivity contribution in [2.24, 2.45) is 0 Å². The highest BCUT2D eigenvalue weighted by molar-refractivity contribution is 6.04. The summed E-state index contributed by atoms with van der Waals surface area (Å²) in [6, 6.07) is 15.5. The molecular formula is C19H16O. The highest BCUT2D eigenvalue weighted by Crippen LogP contribution is 2.04. The zero-order chi connectivity index (χ0) is 14.4. The Balaban J connectivity index is 2.02. The average Bonchev–Trinajstić information content (AvgIpc) is 2.46. The molecule has 1 nitrogen and oxygen atoms in total. The minimum atomic E-state index is -0.0248. The molecule has 2 aromatic rings. The van der Waals surface area contributed by atoms with E-state index in [2.05, 4.69) is 11.8 Å². The number of rotatable bonds is 2. The smallest absolute Gasteiger partial charge is 0.186 e. The van der Waals surface area contributed by atoms with Crippen molar-refractivity contribution in [3.8, 4) is 11.8 Å². The van der Waals surface area contributed by atoms with Gasteiger partial charge in [-0.05, 0) is 38.1 Å². The molecular weight excluding hydrogens is 244 g/mol. The summed E-state index contributed by atoms with van der Waals surface area (Å²) >= 11 is 0. The predicted molar refractivity (Wildman–Crippen MR) is 82.7 cm³/mol. The predicted octanol–water partition coefficient (Wildman–Crippen LogP) is 4.09. The summed E-state index contributed by atoms with van der Waals surface area (Å²) < 4.78 is 0. The van der Waals surface area contributed by atoms with Crippen LogP contribution in [0.2, 0.25) is 0 Å². The van der Waals surface area contributed by atoms with Crippen LogP contribution in [-0.2, 0) is 0 Å². The summed E-state index contributed by atoms with van der Waals surface area (Å²) in [5.41, 5.74) is 3.98. The zero-order valence-electron chi connectivity index (χ0n) is 11.7. The summed E-state index contributed by atoms with van der Waals surface area (Å²) in [7, 11) is 0. The molecule has 0 fully saturated rings. The summed E-state index contributed by atoms with van der Waals surface area (Å²) in [6.07, 6.45) is 3.11. The molecule has 0 unspecified atom stereocenters. The number of benzene rings is 2. The third-order valence-corrected chi connectivity index (χ3v) is 2.92. The molecule has 2 aromatic carbocycles. The minimum absolute atomic E-state index is 0.0248. The van der Waals surface area contributed by atoms with E-state index in [1.807, 2.05) is 62.4 Å². The van der Waals surface area contributed by atoms with Crippen LogP contribution in [0.5, 0.6) is 0 Å². The second-order valence-corrected chi connectivity index (χ2v) is 4.70. The van der Waals surface area contributed by atoms with Gasteiger partial charge in [-0.2, -0.15) is 0 Å². The Bertz CT molecular complexity index is 677. The number of allylic oxidation sites excluding steroid dienone is 2. The first-order valence-corrected chi connectivity index (χ1v) is 6.51. The molecule has 1 heteroatoms. The summed E-state index contributed by atoms with van der Waals surface area (Å²) in [5.74, 6) is 5.86. The van der Waals surface area contributed by atoms with E-state index in [9.17, 15) is 4.79 Å². The minimum Gasteiger partial charge on any atom is -0.289 e. The Morgan fingerprint density at radius 2 is 1.45 bits per heavy atom. The lowest BCUT2D eigenvalue weighted by Crippen LogP contribution is -1.93. The topological polar surface area (TPSA) is 17.1 Å². The van der Waals surface area contributed by atoms with Gasteiger partial charge < -0.3 is 0 Å². The van der Waals surface area contributed by atoms with E-state index in [-0.39, 0.29) is 5.78 Å². The third-order valence-electron chi connectivity index (χ3n) is 2.92. The molecule has 0 aliphatic carbocycles. The molecule has 2 rings (SSSR count). The van der Waals surface area contributed by atoms with Crippen molar-refractivity contribution in [3.63, 3.8) is 0 Å². The van der Waals surface area contributed by atoms with Crippen molar-refractivity contribution in [1.82, 2.24) is 0 Å². The number of hydrogen-bond acceptors (Lipinski definition) is 1. The van der Waals surface area contributed by atoms with Crippen LogP contribution >= 0.6 is 0 Å². The lowest BCUT2D eigenvalue weighted by atomic mass is 10.1. The van der Waals surface area contributed by atoms with Crippen LogP contribution in [0.25, 0.3) is 0 Å². The van der Waals surface area contributed by atoms with Crippen LogP contribution in [0.3, 0.4) is 0 Å². The van der Waals surface area contributed by atoms with Gasteiger partial charge in [0, 0.05) is 11.1 Å². The third kappa shape index (κ3) is 3.96. The van der Waals surface area contributed by atoms with Crippen LogP contribution in [0.1, 0.15) is 27.0 Å². The maximum absolute atomic E-state index is 11.9. The first-order chi connectivity index (χ1) is 9.65. The Labute approximate surface area is 120 Å². The zero-order valence-corrected chi connectivity index (χ0v) is 11.7. The highest BCUT2D eigenvalue weighted by atomic mass is 16.1. The second-order valence-electron chi connectivity index (χ2n) is 4.70. The standard InChI is InChI=1S/C19H16O/c1-15-7-11-17(12-8-15)5-3-4-6-19(20)18-13-9-16(2)10-14-18/h4,6-14H,1-2H3. The molecule has 0 bridgehead atoms. The maximum atomic E-state index is 11.9. The maximum Gasteiger partial charge on any atom is 0.186 e. The lowest BCUT2D eigenvalue weighted by molar-refractivity contribution is 0.104. The van der Waals surface area contributed by atoms with Crippen LogP contribution < -0.4 is 0 Å². The number of hydrogen-bond donors (Lipinski definition) is 0. The van der Waals surface area contributed by atoms with Gasteiger partial charge in [0.1, 0.15) is 0 Å². The summed E-state index contributed by atoms with van der Waals surface area (Å²) in [6.45, 7) is 4.04. The first kappa shape index (κ1) is 13.8. The Hall–Kier alpha value is -2.59. The quantitative estimate of drug-likeness (QED) is 0.451.